The molecule has 4 atom stereocenters. The molecule has 0 spiro atoms. The van der Waals surface area contributed by atoms with Crippen molar-refractivity contribution in [1.82, 2.24) is 0 Å². The van der Waals surface area contributed by atoms with Gasteiger partial charge in [-0.25, -0.2) is 0 Å². The summed E-state index contributed by atoms with van der Waals surface area (Å²) >= 11 is 0. The lowest BCUT2D eigenvalue weighted by atomic mass is 9.77. The SMILES string of the molecule is CC(=O)OC1/C=C(/C)CC[C@@H]2C(=O)[C@@]2(C)CC[C@H](OC(C)=O)C1(C)C. The van der Waals surface area contributed by atoms with Crippen LogP contribution in [-0.2, 0) is 23.9 Å². The van der Waals surface area contributed by atoms with Gasteiger partial charge < -0.3 is 9.47 Å². The number of hydrogen-bond acceptors (Lipinski definition) is 5. The lowest BCUT2D eigenvalue weighted by Crippen LogP contribution is -2.44. The summed E-state index contributed by atoms with van der Waals surface area (Å²) in [6, 6.07) is 0. The zero-order valence-electron chi connectivity index (χ0n) is 16.2. The van der Waals surface area contributed by atoms with Crippen LogP contribution in [0.3, 0.4) is 0 Å². The Morgan fingerprint density at radius 1 is 1.08 bits per heavy atom. The molecule has 2 rings (SSSR count). The second-order valence-electron chi connectivity index (χ2n) is 8.37. The monoisotopic (exact) mass is 350 g/mol. The van der Waals surface area contributed by atoms with Crippen LogP contribution < -0.4 is 0 Å². The largest absolute Gasteiger partial charge is 0.462 e. The Hall–Kier alpha value is -1.65. The molecule has 0 aromatic carbocycles. The number of ether oxygens (including phenoxy) is 2. The average molecular weight is 350 g/mol. The minimum absolute atomic E-state index is 0.0854. The number of Topliss-reactive ketones (excluding diaryl/α,β-unsaturated/α-hetero) is 1. The van der Waals surface area contributed by atoms with Crippen LogP contribution in [0.1, 0.15) is 67.2 Å². The molecule has 5 nitrogen and oxygen atoms in total. The van der Waals surface area contributed by atoms with Crippen LogP contribution in [0.2, 0.25) is 0 Å². The number of carbonyl (C=O) groups is 3. The second kappa shape index (κ2) is 6.93. The molecule has 0 radical (unpaired) electrons. The maximum absolute atomic E-state index is 12.3. The van der Waals surface area contributed by atoms with Crippen molar-refractivity contribution in [1.29, 1.82) is 0 Å². The van der Waals surface area contributed by atoms with Gasteiger partial charge in [-0.05, 0) is 38.7 Å². The molecule has 0 bridgehead atoms. The van der Waals surface area contributed by atoms with Crippen molar-refractivity contribution < 1.29 is 23.9 Å². The lowest BCUT2D eigenvalue weighted by Gasteiger charge is -2.38. The van der Waals surface area contributed by atoms with Crippen molar-refractivity contribution in [3.63, 3.8) is 0 Å². The van der Waals surface area contributed by atoms with E-state index in [1.807, 2.05) is 33.8 Å². The summed E-state index contributed by atoms with van der Waals surface area (Å²) in [7, 11) is 0. The van der Waals surface area contributed by atoms with Gasteiger partial charge in [0.25, 0.3) is 0 Å². The first kappa shape index (κ1) is 19.7. The molecular weight excluding hydrogens is 320 g/mol. The first-order valence-electron chi connectivity index (χ1n) is 9.04. The summed E-state index contributed by atoms with van der Waals surface area (Å²) in [5.41, 5.74) is 0.188. The minimum Gasteiger partial charge on any atom is -0.462 e. The van der Waals surface area contributed by atoms with E-state index in [-0.39, 0.29) is 23.3 Å². The van der Waals surface area contributed by atoms with Gasteiger partial charge in [0.2, 0.25) is 0 Å². The summed E-state index contributed by atoms with van der Waals surface area (Å²) in [5.74, 6) is -0.318. The van der Waals surface area contributed by atoms with Gasteiger partial charge in [0.05, 0.1) is 0 Å². The Labute approximate surface area is 150 Å². The fourth-order valence-electron chi connectivity index (χ4n) is 3.97. The van der Waals surface area contributed by atoms with Crippen LogP contribution >= 0.6 is 0 Å². The molecule has 140 valence electrons. The second-order valence-corrected chi connectivity index (χ2v) is 8.37. The van der Waals surface area contributed by atoms with Crippen molar-refractivity contribution >= 4 is 17.7 Å². The summed E-state index contributed by atoms with van der Waals surface area (Å²) in [4.78, 5) is 35.5. The summed E-state index contributed by atoms with van der Waals surface area (Å²) in [5, 5.41) is 0. The maximum Gasteiger partial charge on any atom is 0.303 e. The molecule has 0 aliphatic heterocycles. The minimum atomic E-state index is -0.591. The molecule has 2 aliphatic rings. The van der Waals surface area contributed by atoms with Crippen molar-refractivity contribution in [3.8, 4) is 0 Å². The zero-order valence-corrected chi connectivity index (χ0v) is 16.2. The molecule has 0 amide bonds. The number of fused-ring (bicyclic) bond motifs is 1. The van der Waals surface area contributed by atoms with Gasteiger partial charge in [-0.3, -0.25) is 14.4 Å². The summed E-state index contributed by atoms with van der Waals surface area (Å²) < 4.78 is 11.2. The topological polar surface area (TPSA) is 69.7 Å². The Bertz CT molecular complexity index is 603. The Balaban J connectivity index is 2.38. The molecule has 25 heavy (non-hydrogen) atoms. The van der Waals surface area contributed by atoms with E-state index in [1.165, 1.54) is 13.8 Å². The van der Waals surface area contributed by atoms with E-state index in [2.05, 4.69) is 0 Å². The van der Waals surface area contributed by atoms with Crippen molar-refractivity contribution in [2.24, 2.45) is 16.7 Å². The highest BCUT2D eigenvalue weighted by Gasteiger charge is 2.60. The number of carbonyl (C=O) groups excluding carboxylic acids is 3. The van der Waals surface area contributed by atoms with Gasteiger partial charge in [0.1, 0.15) is 18.0 Å². The molecule has 0 aromatic rings. The fourth-order valence-corrected chi connectivity index (χ4v) is 3.97. The fraction of sp³-hybridized carbons (Fsp3) is 0.750. The van der Waals surface area contributed by atoms with Crippen LogP contribution in [0.4, 0.5) is 0 Å². The van der Waals surface area contributed by atoms with Crippen LogP contribution in [0.5, 0.6) is 0 Å². The van der Waals surface area contributed by atoms with Crippen molar-refractivity contribution in [2.45, 2.75) is 79.4 Å². The highest BCUT2D eigenvalue weighted by Crippen LogP contribution is 2.55. The van der Waals surface area contributed by atoms with Gasteiger partial charge in [-0.2, -0.15) is 0 Å². The third-order valence-electron chi connectivity index (χ3n) is 5.92. The number of rotatable bonds is 2. The van der Waals surface area contributed by atoms with E-state index in [9.17, 15) is 14.4 Å². The third kappa shape index (κ3) is 4.13. The number of hydrogen-bond donors (Lipinski definition) is 0. The van der Waals surface area contributed by atoms with Gasteiger partial charge in [-0.1, -0.05) is 26.3 Å². The number of esters is 2. The van der Waals surface area contributed by atoms with Crippen molar-refractivity contribution in [2.75, 3.05) is 0 Å². The van der Waals surface area contributed by atoms with E-state index in [1.54, 1.807) is 0 Å². The normalized spacial score (nSPS) is 37.0. The molecule has 1 saturated carbocycles. The van der Waals surface area contributed by atoms with E-state index in [0.29, 0.717) is 18.6 Å². The maximum atomic E-state index is 12.3. The van der Waals surface area contributed by atoms with Gasteiger partial charge in [0, 0.05) is 30.6 Å². The van der Waals surface area contributed by atoms with Gasteiger partial charge in [-0.15, -0.1) is 0 Å². The Morgan fingerprint density at radius 2 is 1.68 bits per heavy atom. The first-order chi connectivity index (χ1) is 11.5. The molecule has 2 aliphatic carbocycles. The predicted molar refractivity (Wildman–Crippen MR) is 93.7 cm³/mol. The molecule has 0 aromatic heterocycles. The van der Waals surface area contributed by atoms with Crippen LogP contribution in [0, 0.1) is 16.7 Å². The molecule has 1 fully saturated rings. The van der Waals surface area contributed by atoms with E-state index >= 15 is 0 Å². The van der Waals surface area contributed by atoms with Crippen LogP contribution in [-0.4, -0.2) is 29.9 Å². The van der Waals surface area contributed by atoms with E-state index in [0.717, 1.165) is 18.4 Å². The molecule has 0 N–H and O–H groups in total. The molecule has 0 saturated heterocycles. The molecular formula is C20H30O5. The van der Waals surface area contributed by atoms with E-state index in [4.69, 9.17) is 9.47 Å². The lowest BCUT2D eigenvalue weighted by molar-refractivity contribution is -0.165. The summed E-state index contributed by atoms with van der Waals surface area (Å²) in [6.45, 7) is 10.7. The standard InChI is InChI=1S/C20H30O5/c1-12-7-8-15-18(23)20(15,6)10-9-16(24-13(2)21)19(4,5)17(11-12)25-14(3)22/h11,15-17H,7-10H2,1-6H3/b12-11-/t15-,16+,17?,20+/m1/s1. The average Bonchev–Trinajstić information content (AvgIpc) is 3.00. The predicted octanol–water partition coefficient (Wildman–Crippen LogP) is 3.60. The van der Waals surface area contributed by atoms with Crippen LogP contribution in [0.25, 0.3) is 0 Å². The zero-order chi connectivity index (χ0) is 19.0. The van der Waals surface area contributed by atoms with E-state index < -0.39 is 17.6 Å². The van der Waals surface area contributed by atoms with Crippen LogP contribution in [0.15, 0.2) is 11.6 Å². The quantitative estimate of drug-likeness (QED) is 0.562. The highest BCUT2D eigenvalue weighted by molar-refractivity contribution is 6.03. The van der Waals surface area contributed by atoms with Crippen molar-refractivity contribution in [3.05, 3.63) is 11.6 Å². The molecule has 1 unspecified atom stereocenters. The smallest absolute Gasteiger partial charge is 0.303 e. The first-order valence-corrected chi connectivity index (χ1v) is 9.04. The highest BCUT2D eigenvalue weighted by atomic mass is 16.6. The van der Waals surface area contributed by atoms with Gasteiger partial charge >= 0.3 is 11.9 Å². The Kier molecular flexibility index (Phi) is 5.45. The number of ketones is 1. The summed E-state index contributed by atoms with van der Waals surface area (Å²) in [6.07, 6.45) is 3.93. The third-order valence-corrected chi connectivity index (χ3v) is 5.92. The molecule has 5 heteroatoms. The Morgan fingerprint density at radius 3 is 2.24 bits per heavy atom. The van der Waals surface area contributed by atoms with Gasteiger partial charge in [0.15, 0.2) is 0 Å². The number of allylic oxidation sites excluding steroid dienone is 1. The molecule has 0 heterocycles.